The summed E-state index contributed by atoms with van der Waals surface area (Å²) in [5.41, 5.74) is 13.0. The Labute approximate surface area is 414 Å². The SMILES string of the molecule is COc1ccc2c(c1)c(-c1cnc3c(n1)c(C(=O)N[C@@H]1CCCC[C@@H]1N)cn3COCC[Si](C)(C)C)nn2C.COc1ccc2c(c1)c(-c1cnc3c(n1)c(C(=O)O)cn3COCC[Si](C)(C)C)nn2C. The highest BCUT2D eigenvalue weighted by atomic mass is 28.3. The maximum absolute atomic E-state index is 13.6. The molecular weight excluding hydrogens is 937 g/mol. The number of benzene rings is 2. The van der Waals surface area contributed by atoms with Crippen LogP contribution in [0.4, 0.5) is 0 Å². The van der Waals surface area contributed by atoms with E-state index in [2.05, 4.69) is 59.7 Å². The molecule has 0 saturated heterocycles. The number of nitrogens with one attached hydrogen (secondary N) is 1. The average Bonchev–Trinajstić information content (AvgIpc) is 4.09. The number of fused-ring (bicyclic) bond motifs is 4. The molecule has 0 radical (unpaired) electrons. The first-order valence-electron chi connectivity index (χ1n) is 24.0. The van der Waals surface area contributed by atoms with Crippen molar-refractivity contribution in [2.24, 2.45) is 19.8 Å². The number of amides is 1. The summed E-state index contributed by atoms with van der Waals surface area (Å²) in [6.45, 7) is 15.7. The van der Waals surface area contributed by atoms with Crippen LogP contribution in [0.1, 0.15) is 46.4 Å². The molecule has 6 aromatic heterocycles. The first kappa shape index (κ1) is 50.8. The van der Waals surface area contributed by atoms with Crippen LogP contribution in [0.25, 0.3) is 66.9 Å². The smallest absolute Gasteiger partial charge is 0.339 e. The molecule has 21 heteroatoms. The third kappa shape index (κ3) is 11.5. The van der Waals surface area contributed by atoms with Crippen molar-refractivity contribution < 1.29 is 33.6 Å². The highest BCUT2D eigenvalue weighted by Crippen LogP contribution is 2.33. The third-order valence-corrected chi connectivity index (χ3v) is 16.2. The largest absolute Gasteiger partial charge is 0.497 e. The molecule has 2 atom stereocenters. The Morgan fingerprint density at radius 1 is 0.718 bits per heavy atom. The number of rotatable bonds is 17. The normalized spacial score (nSPS) is 15.4. The van der Waals surface area contributed by atoms with Crippen LogP contribution in [0.2, 0.25) is 51.4 Å². The summed E-state index contributed by atoms with van der Waals surface area (Å²) < 4.78 is 29.7. The zero-order valence-electron chi connectivity index (χ0n) is 42.4. The van der Waals surface area contributed by atoms with Gasteiger partial charge in [-0.15, -0.1) is 0 Å². The van der Waals surface area contributed by atoms with Crippen molar-refractivity contribution in [2.75, 3.05) is 27.4 Å². The van der Waals surface area contributed by atoms with Gasteiger partial charge in [0.05, 0.1) is 43.2 Å². The van der Waals surface area contributed by atoms with E-state index in [1.165, 1.54) is 6.20 Å². The van der Waals surface area contributed by atoms with Crippen LogP contribution in [0.15, 0.2) is 61.2 Å². The molecule has 1 amide bonds. The van der Waals surface area contributed by atoms with Gasteiger partial charge in [0.1, 0.15) is 64.3 Å². The van der Waals surface area contributed by atoms with Crippen molar-refractivity contribution in [3.63, 3.8) is 0 Å². The molecule has 19 nitrogen and oxygen atoms in total. The summed E-state index contributed by atoms with van der Waals surface area (Å²) in [5.74, 6) is 0.182. The molecule has 4 N–H and O–H groups in total. The van der Waals surface area contributed by atoms with Crippen LogP contribution in [0, 0.1) is 0 Å². The number of aryl methyl sites for hydroxylation is 2. The second-order valence-corrected chi connectivity index (χ2v) is 31.9. The number of nitrogens with two attached hydrogens (primary N) is 1. The second-order valence-electron chi connectivity index (χ2n) is 20.6. The zero-order valence-corrected chi connectivity index (χ0v) is 44.4. The van der Waals surface area contributed by atoms with Crippen LogP contribution in [0.5, 0.6) is 11.5 Å². The van der Waals surface area contributed by atoms with Gasteiger partial charge in [0, 0.05) is 78.7 Å². The molecule has 8 aromatic rings. The quantitative estimate of drug-likeness (QED) is 0.0576. The molecule has 9 rings (SSSR count). The summed E-state index contributed by atoms with van der Waals surface area (Å²) in [4.78, 5) is 44.3. The van der Waals surface area contributed by atoms with Crippen molar-refractivity contribution in [1.82, 2.24) is 53.9 Å². The Morgan fingerprint density at radius 3 is 1.63 bits per heavy atom. The minimum Gasteiger partial charge on any atom is -0.497 e. The molecule has 1 fully saturated rings. The van der Waals surface area contributed by atoms with Crippen LogP contribution in [0.3, 0.4) is 0 Å². The van der Waals surface area contributed by atoms with E-state index in [0.717, 1.165) is 65.3 Å². The highest BCUT2D eigenvalue weighted by molar-refractivity contribution is 6.76. The molecular formula is C50H66N12O7Si2. The lowest BCUT2D eigenvalue weighted by atomic mass is 9.91. The van der Waals surface area contributed by atoms with E-state index >= 15 is 0 Å². The Morgan fingerprint density at radius 2 is 1.18 bits per heavy atom. The lowest BCUT2D eigenvalue weighted by molar-refractivity contribution is 0.0695. The monoisotopic (exact) mass is 1000 g/mol. The first-order valence-corrected chi connectivity index (χ1v) is 31.4. The number of nitrogens with zero attached hydrogens (tertiary/aromatic N) is 10. The van der Waals surface area contributed by atoms with Gasteiger partial charge in [-0.3, -0.25) is 14.2 Å². The number of carbonyl (C=O) groups is 2. The maximum Gasteiger partial charge on any atom is 0.339 e. The van der Waals surface area contributed by atoms with E-state index in [4.69, 9.17) is 39.7 Å². The number of hydrogen-bond donors (Lipinski definition) is 3. The zero-order chi connectivity index (χ0) is 50.8. The topological polar surface area (TPSA) is 226 Å². The molecule has 1 aliphatic rings. The fourth-order valence-electron chi connectivity index (χ4n) is 8.64. The van der Waals surface area contributed by atoms with Crippen molar-refractivity contribution >= 4 is 72.2 Å². The summed E-state index contributed by atoms with van der Waals surface area (Å²) in [6, 6.07) is 13.5. The molecule has 1 saturated carbocycles. The standard InChI is InChI=1S/C28H39N7O3Si.C22H27N5O4Si/c1-34-24-11-10-18(37-2)14-19(24)25(33-34)23-15-30-27-26(31-23)20(16-35(27)17-38-12-13-39(3,4)5)28(36)32-22-9-7-6-8-21(22)29;1-26-18-7-6-14(30-2)10-15(18)19(25-26)17-11-23-21-20(24-17)16(22(28)29)12-27(21)13-31-8-9-32(3,4)5/h10-11,14-16,21-22H,6-9,12-13,17,29H2,1-5H3,(H,32,36);6-7,10-12H,8-9,13H2,1-5H3,(H,28,29)/t21-,22+;/m0./s1. The van der Waals surface area contributed by atoms with E-state index < -0.39 is 22.1 Å². The van der Waals surface area contributed by atoms with Gasteiger partial charge in [-0.1, -0.05) is 52.1 Å². The number of aromatic carboxylic acids is 1. The number of methoxy groups -OCH3 is 2. The maximum atomic E-state index is 13.6. The van der Waals surface area contributed by atoms with Gasteiger partial charge in [0.15, 0.2) is 11.3 Å². The van der Waals surface area contributed by atoms with Crippen molar-refractivity contribution in [1.29, 1.82) is 0 Å². The van der Waals surface area contributed by atoms with Crippen LogP contribution in [-0.4, -0.2) is 121 Å². The number of ether oxygens (including phenoxy) is 4. The van der Waals surface area contributed by atoms with Crippen LogP contribution < -0.4 is 20.5 Å². The molecule has 0 spiro atoms. The van der Waals surface area contributed by atoms with Crippen molar-refractivity contribution in [3.8, 4) is 34.3 Å². The minimum absolute atomic E-state index is 0.0440. The predicted octanol–water partition coefficient (Wildman–Crippen LogP) is 8.31. The van der Waals surface area contributed by atoms with Crippen molar-refractivity contribution in [2.45, 2.75) is 103 Å². The van der Waals surface area contributed by atoms with E-state index in [9.17, 15) is 14.7 Å². The molecule has 6 heterocycles. The van der Waals surface area contributed by atoms with Gasteiger partial charge in [-0.2, -0.15) is 10.2 Å². The Kier molecular flexibility index (Phi) is 15.1. The Bertz CT molecular complexity index is 3220. The summed E-state index contributed by atoms with van der Waals surface area (Å²) >= 11 is 0. The molecule has 2 aromatic carbocycles. The highest BCUT2D eigenvalue weighted by Gasteiger charge is 2.27. The van der Waals surface area contributed by atoms with Gasteiger partial charge in [-0.05, 0) is 61.3 Å². The number of carboxylic acid groups (broad SMARTS) is 1. The lowest BCUT2D eigenvalue weighted by Gasteiger charge is -2.29. The first-order chi connectivity index (χ1) is 33.8. The average molecular weight is 1000 g/mol. The minimum atomic E-state index is -1.22. The number of carbonyl (C=O) groups excluding carboxylic acids is 1. The fourth-order valence-corrected chi connectivity index (χ4v) is 10.2. The molecule has 0 unspecified atom stereocenters. The number of hydrogen-bond acceptors (Lipinski definition) is 13. The van der Waals surface area contributed by atoms with Crippen molar-refractivity contribution in [3.05, 3.63) is 72.3 Å². The summed E-state index contributed by atoms with van der Waals surface area (Å²) in [7, 11) is 4.56. The van der Waals surface area contributed by atoms with Gasteiger partial charge < -0.3 is 44.2 Å². The lowest BCUT2D eigenvalue weighted by Crippen LogP contribution is -2.49. The Hall–Kier alpha value is -6.53. The molecule has 376 valence electrons. The molecule has 0 bridgehead atoms. The van der Waals surface area contributed by atoms with E-state index in [1.807, 2.05) is 59.7 Å². The van der Waals surface area contributed by atoms with E-state index in [0.29, 0.717) is 76.4 Å². The molecule has 1 aliphatic carbocycles. The Balaban J connectivity index is 0.000000194. The molecule has 71 heavy (non-hydrogen) atoms. The third-order valence-electron chi connectivity index (χ3n) is 12.8. The van der Waals surface area contributed by atoms with Crippen LogP contribution in [-0.2, 0) is 37.0 Å². The molecule has 0 aliphatic heterocycles. The summed E-state index contributed by atoms with van der Waals surface area (Å²) in [6.07, 6.45) is 10.6. The van der Waals surface area contributed by atoms with Gasteiger partial charge in [-0.25, -0.2) is 24.7 Å². The van der Waals surface area contributed by atoms with Gasteiger partial charge >= 0.3 is 5.97 Å². The fraction of sp³-hybridized carbons (Fsp3) is 0.440. The van der Waals surface area contributed by atoms with Crippen LogP contribution >= 0.6 is 0 Å². The van der Waals surface area contributed by atoms with Gasteiger partial charge in [0.25, 0.3) is 5.91 Å². The summed E-state index contributed by atoms with van der Waals surface area (Å²) in [5, 5.41) is 24.0. The van der Waals surface area contributed by atoms with Gasteiger partial charge in [0.2, 0.25) is 0 Å². The predicted molar refractivity (Wildman–Crippen MR) is 280 cm³/mol. The van der Waals surface area contributed by atoms with E-state index in [-0.39, 0.29) is 30.3 Å². The number of aromatic nitrogens is 10. The second kappa shape index (κ2) is 21.1. The number of carboxylic acids is 1. The van der Waals surface area contributed by atoms with E-state index in [1.54, 1.807) is 42.1 Å².